The van der Waals surface area contributed by atoms with Crippen LogP contribution in [0.3, 0.4) is 0 Å². The number of para-hydroxylation sites is 1. The van der Waals surface area contributed by atoms with E-state index in [9.17, 15) is 4.79 Å². The Balaban J connectivity index is 2.02. The van der Waals surface area contributed by atoms with Crippen molar-refractivity contribution in [3.63, 3.8) is 0 Å². The number of rotatable bonds is 2. The number of aryl methyl sites for hydroxylation is 1. The molecule has 2 heterocycles. The van der Waals surface area contributed by atoms with E-state index in [-0.39, 0.29) is 17.7 Å². The van der Waals surface area contributed by atoms with Crippen molar-refractivity contribution < 1.29 is 9.21 Å². The summed E-state index contributed by atoms with van der Waals surface area (Å²) in [5.74, 6) is -0.0467. The van der Waals surface area contributed by atoms with Crippen molar-refractivity contribution in [1.82, 2.24) is 9.97 Å². The Morgan fingerprint density at radius 3 is 2.85 bits per heavy atom. The fraction of sp³-hybridized carbons (Fsp3) is 0.0714. The predicted octanol–water partition coefficient (Wildman–Crippen LogP) is 2.37. The quantitative estimate of drug-likeness (QED) is 0.744. The SMILES string of the molecule is Cc1coc(NC(=O)c2cc(N)nc3ccccc23)n1. The van der Waals surface area contributed by atoms with Gasteiger partial charge in [0, 0.05) is 5.39 Å². The molecule has 0 unspecified atom stereocenters. The number of carbonyl (C=O) groups excluding carboxylic acids is 1. The summed E-state index contributed by atoms with van der Waals surface area (Å²) in [5, 5.41) is 3.32. The number of nitrogens with one attached hydrogen (secondary N) is 1. The molecular weight excluding hydrogens is 256 g/mol. The van der Waals surface area contributed by atoms with Crippen LogP contribution in [-0.4, -0.2) is 15.9 Å². The Labute approximate surface area is 114 Å². The molecule has 0 aliphatic rings. The second kappa shape index (κ2) is 4.65. The number of nitrogens with two attached hydrogens (primary N) is 1. The van der Waals surface area contributed by atoms with Crippen LogP contribution in [0.5, 0.6) is 0 Å². The molecule has 0 bridgehead atoms. The van der Waals surface area contributed by atoms with E-state index in [2.05, 4.69) is 15.3 Å². The fourth-order valence-electron chi connectivity index (χ4n) is 1.96. The van der Waals surface area contributed by atoms with Crippen molar-refractivity contribution in [3.05, 3.63) is 47.9 Å². The van der Waals surface area contributed by atoms with E-state index in [0.717, 1.165) is 5.39 Å². The maximum absolute atomic E-state index is 12.3. The van der Waals surface area contributed by atoms with Gasteiger partial charge in [-0.3, -0.25) is 10.1 Å². The first-order valence-electron chi connectivity index (χ1n) is 6.02. The zero-order chi connectivity index (χ0) is 14.1. The average Bonchev–Trinajstić information content (AvgIpc) is 2.83. The van der Waals surface area contributed by atoms with Crippen LogP contribution >= 0.6 is 0 Å². The second-order valence-corrected chi connectivity index (χ2v) is 4.36. The molecule has 0 spiro atoms. The van der Waals surface area contributed by atoms with E-state index in [0.29, 0.717) is 16.8 Å². The summed E-state index contributed by atoms with van der Waals surface area (Å²) >= 11 is 0. The number of hydrogen-bond donors (Lipinski definition) is 2. The molecule has 20 heavy (non-hydrogen) atoms. The van der Waals surface area contributed by atoms with Crippen molar-refractivity contribution in [3.8, 4) is 0 Å². The van der Waals surface area contributed by atoms with Gasteiger partial charge in [0.05, 0.1) is 16.8 Å². The number of amides is 1. The average molecular weight is 268 g/mol. The van der Waals surface area contributed by atoms with Gasteiger partial charge < -0.3 is 10.2 Å². The normalized spacial score (nSPS) is 10.7. The highest BCUT2D eigenvalue weighted by atomic mass is 16.4. The molecule has 100 valence electrons. The topological polar surface area (TPSA) is 94.0 Å². The summed E-state index contributed by atoms with van der Waals surface area (Å²) in [6.45, 7) is 1.78. The maximum Gasteiger partial charge on any atom is 0.301 e. The van der Waals surface area contributed by atoms with Gasteiger partial charge in [0.2, 0.25) is 0 Å². The Morgan fingerprint density at radius 2 is 2.10 bits per heavy atom. The summed E-state index contributed by atoms with van der Waals surface area (Å²) in [4.78, 5) is 20.5. The van der Waals surface area contributed by atoms with Gasteiger partial charge in [0.25, 0.3) is 5.91 Å². The third-order valence-corrected chi connectivity index (χ3v) is 2.82. The fourth-order valence-corrected chi connectivity index (χ4v) is 1.96. The van der Waals surface area contributed by atoms with Crippen LogP contribution in [0, 0.1) is 6.92 Å². The highest BCUT2D eigenvalue weighted by Crippen LogP contribution is 2.20. The lowest BCUT2D eigenvalue weighted by Gasteiger charge is -2.06. The summed E-state index contributed by atoms with van der Waals surface area (Å²) in [6, 6.07) is 9.00. The second-order valence-electron chi connectivity index (χ2n) is 4.36. The number of nitrogen functional groups attached to an aromatic ring is 1. The number of nitrogens with zero attached hydrogens (tertiary/aromatic N) is 2. The van der Waals surface area contributed by atoms with Crippen molar-refractivity contribution in [2.45, 2.75) is 6.92 Å². The predicted molar refractivity (Wildman–Crippen MR) is 75.3 cm³/mol. The summed E-state index contributed by atoms with van der Waals surface area (Å²) < 4.78 is 5.11. The van der Waals surface area contributed by atoms with Crippen LogP contribution in [0.25, 0.3) is 10.9 Å². The minimum Gasteiger partial charge on any atom is -0.432 e. The van der Waals surface area contributed by atoms with Gasteiger partial charge in [-0.05, 0) is 19.1 Å². The molecule has 3 aromatic rings. The molecule has 0 saturated heterocycles. The number of aromatic nitrogens is 2. The van der Waals surface area contributed by atoms with Crippen LogP contribution in [0.2, 0.25) is 0 Å². The summed E-state index contributed by atoms with van der Waals surface area (Å²) in [5.41, 5.74) is 7.53. The molecule has 1 amide bonds. The number of hydrogen-bond acceptors (Lipinski definition) is 5. The van der Waals surface area contributed by atoms with Crippen LogP contribution in [0.15, 0.2) is 41.0 Å². The lowest BCUT2D eigenvalue weighted by atomic mass is 10.1. The standard InChI is InChI=1S/C14H12N4O2/c1-8-7-20-14(16-8)18-13(19)10-6-12(15)17-11-5-3-2-4-9(10)11/h2-7H,1H3,(H2,15,17)(H,16,18,19). The molecular formula is C14H12N4O2. The lowest BCUT2D eigenvalue weighted by molar-refractivity contribution is 0.102. The lowest BCUT2D eigenvalue weighted by Crippen LogP contribution is -2.13. The molecule has 0 saturated carbocycles. The third-order valence-electron chi connectivity index (χ3n) is 2.82. The molecule has 0 atom stereocenters. The first-order valence-corrected chi connectivity index (χ1v) is 6.02. The number of fused-ring (bicyclic) bond motifs is 1. The maximum atomic E-state index is 12.3. The first kappa shape index (κ1) is 12.2. The van der Waals surface area contributed by atoms with Crippen molar-refractivity contribution >= 4 is 28.6 Å². The minimum atomic E-state index is -0.336. The third kappa shape index (κ3) is 2.18. The van der Waals surface area contributed by atoms with E-state index >= 15 is 0 Å². The van der Waals surface area contributed by atoms with Gasteiger partial charge in [0.15, 0.2) is 0 Å². The van der Waals surface area contributed by atoms with Gasteiger partial charge >= 0.3 is 6.01 Å². The van der Waals surface area contributed by atoms with Crippen LogP contribution in [0.4, 0.5) is 11.8 Å². The van der Waals surface area contributed by atoms with Crippen molar-refractivity contribution in [2.24, 2.45) is 0 Å². The van der Waals surface area contributed by atoms with E-state index in [1.807, 2.05) is 18.2 Å². The van der Waals surface area contributed by atoms with Crippen molar-refractivity contribution in [2.75, 3.05) is 11.1 Å². The molecule has 0 aliphatic heterocycles. The molecule has 0 aliphatic carbocycles. The molecule has 1 aromatic carbocycles. The molecule has 0 radical (unpaired) electrons. The molecule has 0 fully saturated rings. The van der Waals surface area contributed by atoms with Crippen LogP contribution in [-0.2, 0) is 0 Å². The molecule has 3 rings (SSSR count). The Kier molecular flexibility index (Phi) is 2.83. The van der Waals surface area contributed by atoms with E-state index in [1.165, 1.54) is 12.3 Å². The number of oxazole rings is 1. The van der Waals surface area contributed by atoms with Gasteiger partial charge in [-0.25, -0.2) is 4.98 Å². The Morgan fingerprint density at radius 1 is 1.30 bits per heavy atom. The summed E-state index contributed by atoms with van der Waals surface area (Å²) in [6.07, 6.45) is 1.47. The monoisotopic (exact) mass is 268 g/mol. The van der Waals surface area contributed by atoms with Gasteiger partial charge in [-0.1, -0.05) is 18.2 Å². The minimum absolute atomic E-state index is 0.159. The molecule has 6 nitrogen and oxygen atoms in total. The van der Waals surface area contributed by atoms with E-state index in [1.54, 1.807) is 13.0 Å². The van der Waals surface area contributed by atoms with E-state index < -0.39 is 0 Å². The zero-order valence-corrected chi connectivity index (χ0v) is 10.8. The van der Waals surface area contributed by atoms with Gasteiger partial charge in [-0.15, -0.1) is 0 Å². The van der Waals surface area contributed by atoms with Gasteiger partial charge in [0.1, 0.15) is 12.1 Å². The molecule has 3 N–H and O–H groups in total. The number of benzene rings is 1. The van der Waals surface area contributed by atoms with Crippen molar-refractivity contribution in [1.29, 1.82) is 0 Å². The molecule has 6 heteroatoms. The van der Waals surface area contributed by atoms with Gasteiger partial charge in [-0.2, -0.15) is 4.98 Å². The number of anilines is 2. The first-order chi connectivity index (χ1) is 9.63. The highest BCUT2D eigenvalue weighted by Gasteiger charge is 2.14. The number of pyridine rings is 1. The Hall–Kier alpha value is -2.89. The molecule has 2 aromatic heterocycles. The number of carbonyl (C=O) groups is 1. The summed E-state index contributed by atoms with van der Waals surface area (Å²) in [7, 11) is 0. The highest BCUT2D eigenvalue weighted by molar-refractivity contribution is 6.12. The Bertz CT molecular complexity index is 795. The smallest absolute Gasteiger partial charge is 0.301 e. The van der Waals surface area contributed by atoms with E-state index in [4.69, 9.17) is 10.2 Å². The largest absolute Gasteiger partial charge is 0.432 e. The van der Waals surface area contributed by atoms with Crippen LogP contribution in [0.1, 0.15) is 16.1 Å². The zero-order valence-electron chi connectivity index (χ0n) is 10.8. The van der Waals surface area contributed by atoms with Crippen LogP contribution < -0.4 is 11.1 Å².